The molecule has 1 aromatic heterocycles. The normalized spacial score (nSPS) is 10.9. The van der Waals surface area contributed by atoms with Crippen molar-refractivity contribution in [3.63, 3.8) is 0 Å². The zero-order valence-electron chi connectivity index (χ0n) is 8.75. The summed E-state index contributed by atoms with van der Waals surface area (Å²) in [7, 11) is 0. The van der Waals surface area contributed by atoms with Gasteiger partial charge in [-0.25, -0.2) is 9.37 Å². The fourth-order valence-electron chi connectivity index (χ4n) is 1.42. The third-order valence-electron chi connectivity index (χ3n) is 2.29. The van der Waals surface area contributed by atoms with Crippen LogP contribution in [0, 0.1) is 11.8 Å². The molecule has 8 heteroatoms. The van der Waals surface area contributed by atoms with E-state index in [0.29, 0.717) is 0 Å². The summed E-state index contributed by atoms with van der Waals surface area (Å²) in [4.78, 5) is 3.24. The molecule has 0 bridgehead atoms. The number of pyridine rings is 1. The predicted octanol–water partition coefficient (Wildman–Crippen LogP) is 6.29. The highest BCUT2D eigenvalue weighted by Gasteiger charge is 2.21. The van der Waals surface area contributed by atoms with Crippen LogP contribution in [0.25, 0.3) is 11.1 Å². The summed E-state index contributed by atoms with van der Waals surface area (Å²) >= 11 is 29.6. The Labute approximate surface area is 132 Å². The van der Waals surface area contributed by atoms with Gasteiger partial charge in [0.1, 0.15) is 0 Å². The monoisotopic (exact) mass is 361 g/mol. The van der Waals surface area contributed by atoms with E-state index in [1.807, 2.05) is 0 Å². The van der Waals surface area contributed by atoms with Gasteiger partial charge in [0.25, 0.3) is 0 Å². The van der Waals surface area contributed by atoms with Gasteiger partial charge in [0, 0.05) is 17.3 Å². The standard InChI is InChI=1S/C11H2Cl5F2N/c12-6-5(3-1-4(17)11(18)19-2-3)7(13)9(15)10(16)8(6)14/h1-2H. The van der Waals surface area contributed by atoms with Gasteiger partial charge in [-0.2, -0.15) is 4.39 Å². The van der Waals surface area contributed by atoms with E-state index in [4.69, 9.17) is 58.0 Å². The number of hydrogen-bond donors (Lipinski definition) is 0. The van der Waals surface area contributed by atoms with E-state index in [1.54, 1.807) is 0 Å². The molecular formula is C11H2Cl5F2N. The molecule has 2 aromatic rings. The van der Waals surface area contributed by atoms with Crippen LogP contribution in [0.2, 0.25) is 25.1 Å². The Balaban J connectivity index is 2.79. The molecule has 0 aliphatic heterocycles. The van der Waals surface area contributed by atoms with Crippen LogP contribution in [0.15, 0.2) is 12.3 Å². The summed E-state index contributed by atoms with van der Waals surface area (Å²) in [5, 5.41) is -0.115. The first-order valence-electron chi connectivity index (χ1n) is 4.67. The van der Waals surface area contributed by atoms with Crippen LogP contribution >= 0.6 is 58.0 Å². The Bertz CT molecular complexity index is 646. The maximum absolute atomic E-state index is 13.2. The molecule has 0 aliphatic carbocycles. The van der Waals surface area contributed by atoms with Crippen LogP contribution in [0.4, 0.5) is 8.78 Å². The molecule has 0 N–H and O–H groups in total. The SMILES string of the molecule is Fc1cc(-c2c(Cl)c(Cl)c(Cl)c(Cl)c2Cl)cnc1F. The lowest BCUT2D eigenvalue weighted by Gasteiger charge is -2.12. The lowest BCUT2D eigenvalue weighted by molar-refractivity contribution is 0.480. The third kappa shape index (κ3) is 2.63. The van der Waals surface area contributed by atoms with E-state index >= 15 is 0 Å². The maximum Gasteiger partial charge on any atom is 0.248 e. The summed E-state index contributed by atoms with van der Waals surface area (Å²) in [5.74, 6) is -2.38. The van der Waals surface area contributed by atoms with Crippen molar-refractivity contribution in [2.45, 2.75) is 0 Å². The van der Waals surface area contributed by atoms with E-state index in [0.717, 1.165) is 12.3 Å². The van der Waals surface area contributed by atoms with E-state index in [9.17, 15) is 8.78 Å². The van der Waals surface area contributed by atoms with Gasteiger partial charge in [0.2, 0.25) is 5.95 Å². The number of rotatable bonds is 1. The second-order valence-electron chi connectivity index (χ2n) is 3.44. The van der Waals surface area contributed by atoms with Crippen LogP contribution in [-0.4, -0.2) is 4.98 Å². The first-order chi connectivity index (χ1) is 8.84. The molecule has 0 fully saturated rings. The number of nitrogens with zero attached hydrogens (tertiary/aromatic N) is 1. The van der Waals surface area contributed by atoms with E-state index in [2.05, 4.69) is 4.98 Å². The predicted molar refractivity (Wildman–Crippen MR) is 74.6 cm³/mol. The lowest BCUT2D eigenvalue weighted by Crippen LogP contribution is -1.93. The first-order valence-corrected chi connectivity index (χ1v) is 6.56. The molecular weight excluding hydrogens is 361 g/mol. The minimum absolute atomic E-state index is 0.0161. The van der Waals surface area contributed by atoms with Gasteiger partial charge in [-0.1, -0.05) is 58.0 Å². The van der Waals surface area contributed by atoms with E-state index in [-0.39, 0.29) is 36.2 Å². The van der Waals surface area contributed by atoms with E-state index in [1.165, 1.54) is 0 Å². The van der Waals surface area contributed by atoms with Gasteiger partial charge in [-0.05, 0) is 6.07 Å². The topological polar surface area (TPSA) is 12.9 Å². The molecule has 1 nitrogen and oxygen atoms in total. The minimum atomic E-state index is -1.23. The van der Waals surface area contributed by atoms with Gasteiger partial charge in [0.05, 0.1) is 25.1 Å². The number of benzene rings is 1. The minimum Gasteiger partial charge on any atom is -0.225 e. The van der Waals surface area contributed by atoms with Crippen LogP contribution in [-0.2, 0) is 0 Å². The van der Waals surface area contributed by atoms with Gasteiger partial charge in [-0.15, -0.1) is 0 Å². The summed E-state index contributed by atoms with van der Waals surface area (Å²) in [6.45, 7) is 0. The number of aromatic nitrogens is 1. The quantitative estimate of drug-likeness (QED) is 0.329. The lowest BCUT2D eigenvalue weighted by atomic mass is 10.1. The molecule has 2 rings (SSSR count). The Hall–Kier alpha value is -0.320. The fourth-order valence-corrected chi connectivity index (χ4v) is 2.77. The highest BCUT2D eigenvalue weighted by molar-refractivity contribution is 6.56. The van der Waals surface area contributed by atoms with E-state index < -0.39 is 11.8 Å². The summed E-state index contributed by atoms with van der Waals surface area (Å²) in [6, 6.07) is 0.885. The molecule has 0 spiro atoms. The molecule has 0 amide bonds. The Kier molecular flexibility index (Phi) is 4.43. The second-order valence-corrected chi connectivity index (χ2v) is 5.33. The van der Waals surface area contributed by atoms with Gasteiger partial charge < -0.3 is 0 Å². The van der Waals surface area contributed by atoms with Crippen molar-refractivity contribution in [2.75, 3.05) is 0 Å². The van der Waals surface area contributed by atoms with Gasteiger partial charge in [0.15, 0.2) is 5.82 Å². The Morgan fingerprint density at radius 2 is 1.26 bits per heavy atom. The molecule has 0 saturated heterocycles. The Morgan fingerprint density at radius 1 is 0.789 bits per heavy atom. The highest BCUT2D eigenvalue weighted by atomic mass is 35.5. The average molecular weight is 363 g/mol. The largest absolute Gasteiger partial charge is 0.248 e. The van der Waals surface area contributed by atoms with Crippen LogP contribution < -0.4 is 0 Å². The molecule has 0 atom stereocenters. The summed E-state index contributed by atoms with van der Waals surface area (Å²) in [6.07, 6.45) is 1.06. The second kappa shape index (κ2) is 5.58. The third-order valence-corrected chi connectivity index (χ3v) is 4.57. The molecule has 0 radical (unpaired) electrons. The average Bonchev–Trinajstić information content (AvgIpc) is 2.38. The number of halogens is 7. The van der Waals surface area contributed by atoms with Gasteiger partial charge >= 0.3 is 0 Å². The molecule has 1 aromatic carbocycles. The van der Waals surface area contributed by atoms with Crippen molar-refractivity contribution >= 4 is 58.0 Å². The van der Waals surface area contributed by atoms with Crippen LogP contribution in [0.1, 0.15) is 0 Å². The van der Waals surface area contributed by atoms with Crippen molar-refractivity contribution in [3.8, 4) is 11.1 Å². The van der Waals surface area contributed by atoms with Gasteiger partial charge in [-0.3, -0.25) is 0 Å². The summed E-state index contributed by atoms with van der Waals surface area (Å²) < 4.78 is 26.0. The van der Waals surface area contributed by atoms with Crippen molar-refractivity contribution in [2.24, 2.45) is 0 Å². The van der Waals surface area contributed by atoms with Crippen LogP contribution in [0.5, 0.6) is 0 Å². The zero-order valence-corrected chi connectivity index (χ0v) is 12.5. The molecule has 19 heavy (non-hydrogen) atoms. The zero-order chi connectivity index (χ0) is 14.3. The molecule has 0 aliphatic rings. The molecule has 100 valence electrons. The Morgan fingerprint density at radius 3 is 1.74 bits per heavy atom. The van der Waals surface area contributed by atoms with Crippen molar-refractivity contribution < 1.29 is 8.78 Å². The molecule has 0 unspecified atom stereocenters. The van der Waals surface area contributed by atoms with Crippen molar-refractivity contribution in [1.82, 2.24) is 4.98 Å². The van der Waals surface area contributed by atoms with Crippen molar-refractivity contribution in [3.05, 3.63) is 49.1 Å². The summed E-state index contributed by atoms with van der Waals surface area (Å²) in [5.41, 5.74) is 0.267. The maximum atomic E-state index is 13.2. The van der Waals surface area contributed by atoms with Crippen molar-refractivity contribution in [1.29, 1.82) is 0 Å². The molecule has 1 heterocycles. The highest BCUT2D eigenvalue weighted by Crippen LogP contribution is 2.48. The molecule has 0 saturated carbocycles. The van der Waals surface area contributed by atoms with Crippen LogP contribution in [0.3, 0.4) is 0 Å². The number of hydrogen-bond acceptors (Lipinski definition) is 1. The fraction of sp³-hybridized carbons (Fsp3) is 0. The smallest absolute Gasteiger partial charge is 0.225 e. The first kappa shape index (κ1) is 15.1.